The summed E-state index contributed by atoms with van der Waals surface area (Å²) in [5.74, 6) is 1.27. The second-order valence-electron chi connectivity index (χ2n) is 8.15. The summed E-state index contributed by atoms with van der Waals surface area (Å²) >= 11 is 8.35. The third-order valence-corrected chi connectivity index (χ3v) is 8.17. The van der Waals surface area contributed by atoms with Gasteiger partial charge in [0.2, 0.25) is 0 Å². The van der Waals surface area contributed by atoms with Crippen LogP contribution in [0, 0.1) is 0 Å². The van der Waals surface area contributed by atoms with Crippen molar-refractivity contribution in [3.63, 3.8) is 0 Å². The number of allylic oxidation sites excluding steroid dienone is 1. The third-order valence-electron chi connectivity index (χ3n) is 5.88. The lowest BCUT2D eigenvalue weighted by Gasteiger charge is -2.25. The number of fused-ring (bicyclic) bond motifs is 1. The van der Waals surface area contributed by atoms with E-state index in [0.717, 1.165) is 10.0 Å². The number of thiazole rings is 1. The van der Waals surface area contributed by atoms with Gasteiger partial charge < -0.3 is 18.9 Å². The molecule has 2 aromatic carbocycles. The number of rotatable bonds is 8. The molecule has 11 heteroatoms. The molecule has 0 amide bonds. The van der Waals surface area contributed by atoms with Crippen molar-refractivity contribution in [2.75, 3.05) is 27.4 Å². The quantitative estimate of drug-likeness (QED) is 0.323. The van der Waals surface area contributed by atoms with Gasteiger partial charge in [0.15, 0.2) is 16.3 Å². The summed E-state index contributed by atoms with van der Waals surface area (Å²) in [5.41, 5.74) is 1.99. The predicted molar refractivity (Wildman–Crippen MR) is 153 cm³/mol. The molecule has 0 spiro atoms. The molecule has 0 saturated heterocycles. The Morgan fingerprint density at radius 2 is 1.79 bits per heavy atom. The van der Waals surface area contributed by atoms with Crippen molar-refractivity contribution in [2.45, 2.75) is 26.8 Å². The molecular formula is C27H26Br2N2O6S. The highest BCUT2D eigenvalue weighted by Gasteiger charge is 2.33. The fourth-order valence-corrected chi connectivity index (χ4v) is 6.22. The normalized spacial score (nSPS) is 15.1. The van der Waals surface area contributed by atoms with Crippen LogP contribution in [0.2, 0.25) is 0 Å². The Balaban J connectivity index is 1.95. The second kappa shape index (κ2) is 11.9. The largest absolute Gasteiger partial charge is 0.496 e. The van der Waals surface area contributed by atoms with E-state index in [1.165, 1.54) is 11.3 Å². The molecule has 3 aromatic rings. The Labute approximate surface area is 240 Å². The molecule has 0 unspecified atom stereocenters. The van der Waals surface area contributed by atoms with E-state index < -0.39 is 12.0 Å². The van der Waals surface area contributed by atoms with E-state index in [2.05, 4.69) is 36.9 Å². The maximum atomic E-state index is 13.9. The fourth-order valence-electron chi connectivity index (χ4n) is 4.19. The molecule has 0 saturated carbocycles. The number of methoxy groups -OCH3 is 2. The van der Waals surface area contributed by atoms with E-state index in [4.69, 9.17) is 18.9 Å². The molecule has 1 aliphatic heterocycles. The van der Waals surface area contributed by atoms with Crippen LogP contribution in [0.15, 0.2) is 60.3 Å². The summed E-state index contributed by atoms with van der Waals surface area (Å²) < 4.78 is 25.3. The van der Waals surface area contributed by atoms with Crippen LogP contribution in [-0.4, -0.2) is 38.0 Å². The summed E-state index contributed by atoms with van der Waals surface area (Å²) in [7, 11) is 3.15. The summed E-state index contributed by atoms with van der Waals surface area (Å²) in [6, 6.07) is 8.35. The van der Waals surface area contributed by atoms with Crippen molar-refractivity contribution in [3.8, 4) is 17.2 Å². The standard InChI is InChI=1S/C27H26Br2N2O6S/c1-6-36-21-11-16(17(28)13-20(21)35-5)12-22-25(32)31-24(15-8-9-19(34-4)18(29)10-15)23(26(33)37-7-2)14(3)30-27(31)38-22/h8-13,24H,6-7H2,1-5H3/b22-12+/t24-/m1/s1. The molecule has 200 valence electrons. The number of halogens is 2. The number of hydrogen-bond donors (Lipinski definition) is 0. The molecular weight excluding hydrogens is 640 g/mol. The summed E-state index contributed by atoms with van der Waals surface area (Å²) in [4.78, 5) is 32.1. The first-order chi connectivity index (χ1) is 18.2. The van der Waals surface area contributed by atoms with E-state index >= 15 is 0 Å². The average Bonchev–Trinajstić information content (AvgIpc) is 3.19. The Morgan fingerprint density at radius 1 is 1.05 bits per heavy atom. The molecule has 0 radical (unpaired) electrons. The smallest absolute Gasteiger partial charge is 0.338 e. The number of ether oxygens (including phenoxy) is 4. The minimum atomic E-state index is -0.729. The lowest BCUT2D eigenvalue weighted by Crippen LogP contribution is -2.40. The Kier molecular flexibility index (Phi) is 8.79. The van der Waals surface area contributed by atoms with Crippen LogP contribution in [-0.2, 0) is 9.53 Å². The third kappa shape index (κ3) is 5.32. The van der Waals surface area contributed by atoms with Crippen LogP contribution >= 0.6 is 43.2 Å². The number of benzene rings is 2. The van der Waals surface area contributed by atoms with E-state index in [1.54, 1.807) is 50.8 Å². The van der Waals surface area contributed by atoms with Gasteiger partial charge in [0.1, 0.15) is 5.75 Å². The number of nitrogens with zero attached hydrogens (tertiary/aromatic N) is 2. The van der Waals surface area contributed by atoms with Gasteiger partial charge in [-0.25, -0.2) is 9.79 Å². The molecule has 1 aromatic heterocycles. The highest BCUT2D eigenvalue weighted by atomic mass is 79.9. The minimum absolute atomic E-state index is 0.201. The Bertz CT molecular complexity index is 1610. The molecule has 2 heterocycles. The SMILES string of the molecule is CCOC(=O)C1=C(C)N=c2s/c(=C/c3cc(OCC)c(OC)cc3Br)c(=O)n2[C@@H]1c1ccc(OC)c(Br)c1. The number of esters is 1. The van der Waals surface area contributed by atoms with Crippen molar-refractivity contribution >= 4 is 55.2 Å². The van der Waals surface area contributed by atoms with Gasteiger partial charge in [-0.1, -0.05) is 33.3 Å². The fraction of sp³-hybridized carbons (Fsp3) is 0.296. The van der Waals surface area contributed by atoms with Gasteiger partial charge in [-0.15, -0.1) is 0 Å². The van der Waals surface area contributed by atoms with Gasteiger partial charge in [-0.05, 0) is 78.2 Å². The molecule has 1 atom stereocenters. The molecule has 0 aliphatic carbocycles. The first kappa shape index (κ1) is 28.1. The van der Waals surface area contributed by atoms with Crippen LogP contribution in [0.25, 0.3) is 6.08 Å². The van der Waals surface area contributed by atoms with Crippen LogP contribution in [0.4, 0.5) is 0 Å². The summed E-state index contributed by atoms with van der Waals surface area (Å²) in [5, 5.41) is 0. The Hall–Kier alpha value is -2.89. The van der Waals surface area contributed by atoms with Gasteiger partial charge in [0, 0.05) is 4.47 Å². The Morgan fingerprint density at radius 3 is 2.42 bits per heavy atom. The lowest BCUT2D eigenvalue weighted by atomic mass is 9.96. The van der Waals surface area contributed by atoms with E-state index in [1.807, 2.05) is 25.1 Å². The minimum Gasteiger partial charge on any atom is -0.496 e. The molecule has 8 nitrogen and oxygen atoms in total. The van der Waals surface area contributed by atoms with Gasteiger partial charge in [0.05, 0.1) is 53.8 Å². The number of carbonyl (C=O) groups is 1. The van der Waals surface area contributed by atoms with Crippen LogP contribution in [0.3, 0.4) is 0 Å². The number of hydrogen-bond acceptors (Lipinski definition) is 8. The van der Waals surface area contributed by atoms with Crippen molar-refractivity contribution in [1.29, 1.82) is 0 Å². The molecule has 0 N–H and O–H groups in total. The zero-order valence-electron chi connectivity index (χ0n) is 21.5. The monoisotopic (exact) mass is 664 g/mol. The zero-order valence-corrected chi connectivity index (χ0v) is 25.5. The highest BCUT2D eigenvalue weighted by Crippen LogP contribution is 2.36. The van der Waals surface area contributed by atoms with Gasteiger partial charge in [0.25, 0.3) is 5.56 Å². The number of aromatic nitrogens is 1. The average molecular weight is 666 g/mol. The van der Waals surface area contributed by atoms with Crippen molar-refractivity contribution in [2.24, 2.45) is 4.99 Å². The van der Waals surface area contributed by atoms with Crippen molar-refractivity contribution < 1.29 is 23.7 Å². The summed E-state index contributed by atoms with van der Waals surface area (Å²) in [6.07, 6.45) is 1.78. The van der Waals surface area contributed by atoms with Crippen LogP contribution < -0.4 is 29.1 Å². The van der Waals surface area contributed by atoms with E-state index in [0.29, 0.717) is 54.5 Å². The molecule has 0 bridgehead atoms. The lowest BCUT2D eigenvalue weighted by molar-refractivity contribution is -0.139. The van der Waals surface area contributed by atoms with Crippen LogP contribution in [0.5, 0.6) is 17.2 Å². The van der Waals surface area contributed by atoms with Gasteiger partial charge >= 0.3 is 5.97 Å². The number of carbonyl (C=O) groups excluding carboxylic acids is 1. The van der Waals surface area contributed by atoms with Gasteiger partial charge in [-0.3, -0.25) is 9.36 Å². The molecule has 38 heavy (non-hydrogen) atoms. The van der Waals surface area contributed by atoms with Crippen LogP contribution in [0.1, 0.15) is 37.9 Å². The van der Waals surface area contributed by atoms with Gasteiger partial charge in [-0.2, -0.15) is 0 Å². The topological polar surface area (TPSA) is 88.4 Å². The maximum absolute atomic E-state index is 13.9. The van der Waals surface area contributed by atoms with Crippen molar-refractivity contribution in [1.82, 2.24) is 4.57 Å². The molecule has 4 rings (SSSR count). The van der Waals surface area contributed by atoms with E-state index in [-0.39, 0.29) is 12.2 Å². The molecule has 0 fully saturated rings. The second-order valence-corrected chi connectivity index (χ2v) is 10.9. The first-order valence-electron chi connectivity index (χ1n) is 11.8. The zero-order chi connectivity index (χ0) is 27.6. The summed E-state index contributed by atoms with van der Waals surface area (Å²) in [6.45, 7) is 6.05. The van der Waals surface area contributed by atoms with E-state index in [9.17, 15) is 9.59 Å². The van der Waals surface area contributed by atoms with Crippen molar-refractivity contribution in [3.05, 3.63) is 81.4 Å². The first-order valence-corrected chi connectivity index (χ1v) is 14.2. The molecule has 1 aliphatic rings. The maximum Gasteiger partial charge on any atom is 0.338 e. The highest BCUT2D eigenvalue weighted by molar-refractivity contribution is 9.10. The predicted octanol–water partition coefficient (Wildman–Crippen LogP) is 4.74.